The summed E-state index contributed by atoms with van der Waals surface area (Å²) in [5.74, 6) is 0.644. The number of thioether (sulfide) groups is 1. The van der Waals surface area contributed by atoms with E-state index in [9.17, 15) is 4.79 Å². The molecule has 0 aromatic carbocycles. The summed E-state index contributed by atoms with van der Waals surface area (Å²) in [6.07, 6.45) is 5.22. The predicted molar refractivity (Wildman–Crippen MR) is 93.7 cm³/mol. The van der Waals surface area contributed by atoms with Gasteiger partial charge in [-0.25, -0.2) is 0 Å². The first-order chi connectivity index (χ1) is 11.7. The van der Waals surface area contributed by atoms with Crippen LogP contribution in [0.15, 0.2) is 42.3 Å². The first kappa shape index (κ1) is 18.2. The van der Waals surface area contributed by atoms with E-state index in [4.69, 9.17) is 4.74 Å². The average Bonchev–Trinajstić information content (AvgIpc) is 2.98. The monoisotopic (exact) mass is 347 g/mol. The zero-order valence-corrected chi connectivity index (χ0v) is 14.6. The van der Waals surface area contributed by atoms with Crippen LogP contribution in [0.5, 0.6) is 0 Å². The summed E-state index contributed by atoms with van der Waals surface area (Å²) in [6.45, 7) is 7.14. The van der Waals surface area contributed by atoms with Gasteiger partial charge in [0.15, 0.2) is 11.0 Å². The van der Waals surface area contributed by atoms with E-state index in [1.807, 2.05) is 23.6 Å². The van der Waals surface area contributed by atoms with Gasteiger partial charge in [-0.05, 0) is 19.1 Å². The number of aromatic nitrogens is 4. The lowest BCUT2D eigenvalue weighted by Gasteiger charge is -2.12. The number of carbonyl (C=O) groups excluding carboxylic acids is 1. The van der Waals surface area contributed by atoms with Crippen LogP contribution >= 0.6 is 11.8 Å². The molecule has 0 spiro atoms. The van der Waals surface area contributed by atoms with Gasteiger partial charge in [0.25, 0.3) is 0 Å². The van der Waals surface area contributed by atoms with E-state index in [1.165, 1.54) is 11.8 Å². The van der Waals surface area contributed by atoms with Gasteiger partial charge in [-0.1, -0.05) is 17.8 Å². The first-order valence-electron chi connectivity index (χ1n) is 7.55. The minimum atomic E-state index is -0.295. The Labute approximate surface area is 145 Å². The molecule has 2 heterocycles. The lowest BCUT2D eigenvalue weighted by molar-refractivity contribution is -0.120. The van der Waals surface area contributed by atoms with E-state index in [1.54, 1.807) is 25.6 Å². The summed E-state index contributed by atoms with van der Waals surface area (Å²) in [5, 5.41) is 11.7. The molecule has 8 heteroatoms. The third-order valence-corrected chi connectivity index (χ3v) is 4.29. The van der Waals surface area contributed by atoms with Crippen LogP contribution in [0.2, 0.25) is 0 Å². The van der Waals surface area contributed by atoms with E-state index in [0.717, 1.165) is 5.56 Å². The van der Waals surface area contributed by atoms with Crippen LogP contribution in [-0.2, 0) is 16.1 Å². The number of allylic oxidation sites excluding steroid dienone is 1. The minimum Gasteiger partial charge on any atom is -0.383 e. The molecule has 0 fully saturated rings. The molecule has 1 N–H and O–H groups in total. The van der Waals surface area contributed by atoms with Gasteiger partial charge in [0.05, 0.1) is 11.9 Å². The highest BCUT2D eigenvalue weighted by molar-refractivity contribution is 8.00. The molecule has 24 heavy (non-hydrogen) atoms. The smallest absolute Gasteiger partial charge is 0.233 e. The summed E-state index contributed by atoms with van der Waals surface area (Å²) < 4.78 is 6.85. The fourth-order valence-corrected chi connectivity index (χ4v) is 2.89. The fourth-order valence-electron chi connectivity index (χ4n) is 2.01. The zero-order chi connectivity index (χ0) is 17.4. The molecular formula is C16H21N5O2S. The fraction of sp³-hybridized carbons (Fsp3) is 0.375. The number of carbonyl (C=O) groups is 1. The van der Waals surface area contributed by atoms with Crippen LogP contribution in [0.3, 0.4) is 0 Å². The van der Waals surface area contributed by atoms with Gasteiger partial charge < -0.3 is 10.1 Å². The minimum absolute atomic E-state index is 0.0619. The number of hydrogen-bond donors (Lipinski definition) is 1. The van der Waals surface area contributed by atoms with Crippen molar-refractivity contribution in [3.05, 3.63) is 37.2 Å². The lowest BCUT2D eigenvalue weighted by Crippen LogP contribution is -2.33. The average molecular weight is 347 g/mol. The van der Waals surface area contributed by atoms with Crippen LogP contribution in [0.4, 0.5) is 0 Å². The van der Waals surface area contributed by atoms with Crippen molar-refractivity contribution in [2.75, 3.05) is 20.3 Å². The highest BCUT2D eigenvalue weighted by Crippen LogP contribution is 2.26. The highest BCUT2D eigenvalue weighted by Gasteiger charge is 2.20. The maximum absolute atomic E-state index is 12.1. The largest absolute Gasteiger partial charge is 0.383 e. The van der Waals surface area contributed by atoms with Gasteiger partial charge in [-0.2, -0.15) is 0 Å². The van der Waals surface area contributed by atoms with E-state index in [-0.39, 0.29) is 11.2 Å². The van der Waals surface area contributed by atoms with Crippen LogP contribution in [-0.4, -0.2) is 51.2 Å². The summed E-state index contributed by atoms with van der Waals surface area (Å²) in [6, 6.07) is 3.77. The Morgan fingerprint density at radius 2 is 2.38 bits per heavy atom. The van der Waals surface area contributed by atoms with E-state index >= 15 is 0 Å². The Bertz CT molecular complexity index is 674. The molecule has 0 aliphatic rings. The van der Waals surface area contributed by atoms with Crippen molar-refractivity contribution in [1.29, 1.82) is 0 Å². The molecule has 0 aliphatic heterocycles. The molecule has 2 aromatic heterocycles. The number of amides is 1. The maximum atomic E-state index is 12.1. The van der Waals surface area contributed by atoms with Gasteiger partial charge in [0, 0.05) is 38.2 Å². The van der Waals surface area contributed by atoms with Gasteiger partial charge in [0.1, 0.15) is 0 Å². The van der Waals surface area contributed by atoms with Crippen molar-refractivity contribution in [2.45, 2.75) is 23.9 Å². The Balaban J connectivity index is 2.14. The third kappa shape index (κ3) is 4.65. The molecule has 0 bridgehead atoms. The van der Waals surface area contributed by atoms with E-state index in [2.05, 4.69) is 27.1 Å². The van der Waals surface area contributed by atoms with Crippen LogP contribution in [0, 0.1) is 0 Å². The van der Waals surface area contributed by atoms with Crippen molar-refractivity contribution in [2.24, 2.45) is 0 Å². The number of rotatable bonds is 9. The Morgan fingerprint density at radius 3 is 3.04 bits per heavy atom. The van der Waals surface area contributed by atoms with Crippen LogP contribution < -0.4 is 5.32 Å². The highest BCUT2D eigenvalue weighted by atomic mass is 32.2. The third-order valence-electron chi connectivity index (χ3n) is 3.21. The molecule has 0 saturated heterocycles. The number of pyridine rings is 1. The van der Waals surface area contributed by atoms with Crippen molar-refractivity contribution in [3.63, 3.8) is 0 Å². The van der Waals surface area contributed by atoms with E-state index < -0.39 is 0 Å². The van der Waals surface area contributed by atoms with Gasteiger partial charge in [0.2, 0.25) is 5.91 Å². The van der Waals surface area contributed by atoms with E-state index in [0.29, 0.717) is 30.7 Å². The first-order valence-corrected chi connectivity index (χ1v) is 8.43. The number of nitrogens with zero attached hydrogens (tertiary/aromatic N) is 4. The normalized spacial score (nSPS) is 11.9. The van der Waals surface area contributed by atoms with Crippen molar-refractivity contribution in [1.82, 2.24) is 25.1 Å². The molecular weight excluding hydrogens is 326 g/mol. The Hall–Kier alpha value is -2.19. The molecule has 1 amide bonds. The number of hydrogen-bond acceptors (Lipinski definition) is 6. The zero-order valence-electron chi connectivity index (χ0n) is 13.8. The quantitative estimate of drug-likeness (QED) is 0.423. The summed E-state index contributed by atoms with van der Waals surface area (Å²) in [7, 11) is 1.60. The second kappa shape index (κ2) is 9.19. The maximum Gasteiger partial charge on any atom is 0.233 e. The Morgan fingerprint density at radius 1 is 1.54 bits per heavy atom. The molecule has 1 atom stereocenters. The Kier molecular flexibility index (Phi) is 6.95. The molecule has 2 rings (SSSR count). The number of ether oxygens (including phenoxy) is 1. The summed E-state index contributed by atoms with van der Waals surface area (Å²) in [4.78, 5) is 16.2. The van der Waals surface area contributed by atoms with Crippen LogP contribution in [0.25, 0.3) is 11.4 Å². The summed E-state index contributed by atoms with van der Waals surface area (Å²) in [5.41, 5.74) is 0.871. The molecule has 128 valence electrons. The summed E-state index contributed by atoms with van der Waals surface area (Å²) >= 11 is 1.36. The van der Waals surface area contributed by atoms with Crippen LogP contribution in [0.1, 0.15) is 6.92 Å². The second-order valence-electron chi connectivity index (χ2n) is 4.99. The number of nitrogens with one attached hydrogen (secondary N) is 1. The molecule has 0 radical (unpaired) electrons. The van der Waals surface area contributed by atoms with Crippen molar-refractivity contribution >= 4 is 17.7 Å². The topological polar surface area (TPSA) is 81.9 Å². The molecule has 0 aliphatic carbocycles. The second-order valence-corrected chi connectivity index (χ2v) is 6.30. The van der Waals surface area contributed by atoms with Gasteiger partial charge in [-0.3, -0.25) is 14.3 Å². The molecule has 7 nitrogen and oxygen atoms in total. The standard InChI is InChI=1S/C16H21N5O2S/c1-4-9-21-14(13-6-5-7-17-11-13)19-20-16(21)24-12(2)15(22)18-8-10-23-3/h4-7,11-12H,1,8-10H2,2-3H3,(H,18,22)/t12-/m0/s1. The van der Waals surface area contributed by atoms with Gasteiger partial charge >= 0.3 is 0 Å². The predicted octanol–water partition coefficient (Wildman–Crippen LogP) is 1.77. The molecule has 0 unspecified atom stereocenters. The molecule has 0 saturated carbocycles. The van der Waals surface area contributed by atoms with Crippen molar-refractivity contribution in [3.8, 4) is 11.4 Å². The lowest BCUT2D eigenvalue weighted by atomic mass is 10.3. The number of methoxy groups -OCH3 is 1. The molecule has 2 aromatic rings. The van der Waals surface area contributed by atoms with Crippen molar-refractivity contribution < 1.29 is 9.53 Å². The SMILES string of the molecule is C=CCn1c(S[C@@H](C)C(=O)NCCOC)nnc1-c1cccnc1. The van der Waals surface area contributed by atoms with Gasteiger partial charge in [-0.15, -0.1) is 16.8 Å².